The molecule has 4 nitrogen and oxygen atoms in total. The van der Waals surface area contributed by atoms with E-state index in [1.54, 1.807) is 30.6 Å². The zero-order valence-corrected chi connectivity index (χ0v) is 17.1. The normalized spacial score (nSPS) is 10.8. The number of aromatic nitrogens is 1. The molecule has 1 N–H and O–H groups in total. The van der Waals surface area contributed by atoms with Crippen molar-refractivity contribution in [3.8, 4) is 11.5 Å². The topological polar surface area (TPSA) is 51.2 Å². The summed E-state index contributed by atoms with van der Waals surface area (Å²) in [7, 11) is 0. The Balaban J connectivity index is 1.74. The summed E-state index contributed by atoms with van der Waals surface area (Å²) in [6, 6.07) is 14.7. The number of ether oxygens (including phenoxy) is 1. The average Bonchev–Trinajstić information content (AvgIpc) is 2.65. The third kappa shape index (κ3) is 5.24. The van der Waals surface area contributed by atoms with Crippen molar-refractivity contribution in [1.82, 2.24) is 4.98 Å². The van der Waals surface area contributed by atoms with Gasteiger partial charge in [-0.05, 0) is 47.4 Å². The third-order valence-electron chi connectivity index (χ3n) is 4.11. The molecule has 0 fully saturated rings. The lowest BCUT2D eigenvalue weighted by Gasteiger charge is -2.14. The Morgan fingerprint density at radius 2 is 1.86 bits per heavy atom. The van der Waals surface area contributed by atoms with Gasteiger partial charge in [-0.3, -0.25) is 9.78 Å². The number of nitrogens with zero attached hydrogens (tertiary/aromatic N) is 1. The number of hydrogen-bond donors (Lipinski definition) is 1. The van der Waals surface area contributed by atoms with Gasteiger partial charge in [-0.25, -0.2) is 0 Å². The standard InChI is InChI=1S/C22H20Cl2N2O2/c1-14(2)16-6-3-7-18(10-16)28-22-19(23)11-17(12-20(22)24)26-21(27)9-15-5-4-8-25-13-15/h3-8,10-14H,9H2,1-2H3,(H,26,27). The summed E-state index contributed by atoms with van der Waals surface area (Å²) in [5.41, 5.74) is 2.48. The fourth-order valence-electron chi connectivity index (χ4n) is 2.68. The molecule has 0 aliphatic heterocycles. The predicted molar refractivity (Wildman–Crippen MR) is 114 cm³/mol. The minimum atomic E-state index is -0.182. The van der Waals surface area contributed by atoms with Crippen molar-refractivity contribution in [2.24, 2.45) is 0 Å². The molecular formula is C22H20Cl2N2O2. The molecular weight excluding hydrogens is 395 g/mol. The Bertz CT molecular complexity index is 952. The van der Waals surface area contributed by atoms with Gasteiger partial charge in [0, 0.05) is 18.1 Å². The van der Waals surface area contributed by atoms with Crippen LogP contribution in [-0.2, 0) is 11.2 Å². The van der Waals surface area contributed by atoms with Crippen LogP contribution in [0.5, 0.6) is 11.5 Å². The molecule has 1 aromatic heterocycles. The van der Waals surface area contributed by atoms with Crippen LogP contribution in [-0.4, -0.2) is 10.9 Å². The zero-order chi connectivity index (χ0) is 20.1. The first kappa shape index (κ1) is 20.2. The molecule has 28 heavy (non-hydrogen) atoms. The van der Waals surface area contributed by atoms with Crippen LogP contribution >= 0.6 is 23.2 Å². The quantitative estimate of drug-likeness (QED) is 0.501. The molecule has 0 aliphatic carbocycles. The van der Waals surface area contributed by atoms with E-state index >= 15 is 0 Å². The number of halogens is 2. The number of carbonyl (C=O) groups is 1. The van der Waals surface area contributed by atoms with Crippen molar-refractivity contribution < 1.29 is 9.53 Å². The number of nitrogens with one attached hydrogen (secondary N) is 1. The first-order chi connectivity index (χ1) is 13.4. The number of benzene rings is 2. The molecule has 0 unspecified atom stereocenters. The third-order valence-corrected chi connectivity index (χ3v) is 4.68. The van der Waals surface area contributed by atoms with E-state index in [0.29, 0.717) is 33.1 Å². The van der Waals surface area contributed by atoms with E-state index in [1.165, 1.54) is 0 Å². The first-order valence-electron chi connectivity index (χ1n) is 8.88. The van der Waals surface area contributed by atoms with E-state index in [4.69, 9.17) is 27.9 Å². The summed E-state index contributed by atoms with van der Waals surface area (Å²) >= 11 is 12.7. The number of amides is 1. The van der Waals surface area contributed by atoms with Crippen LogP contribution < -0.4 is 10.1 Å². The second-order valence-electron chi connectivity index (χ2n) is 6.68. The van der Waals surface area contributed by atoms with Crippen LogP contribution in [0.15, 0.2) is 60.9 Å². The largest absolute Gasteiger partial charge is 0.454 e. The van der Waals surface area contributed by atoms with Gasteiger partial charge in [0.15, 0.2) is 5.75 Å². The highest BCUT2D eigenvalue weighted by Gasteiger charge is 2.13. The van der Waals surface area contributed by atoms with Crippen LogP contribution in [0, 0.1) is 0 Å². The molecule has 2 aromatic carbocycles. The van der Waals surface area contributed by atoms with Crippen molar-refractivity contribution in [2.45, 2.75) is 26.2 Å². The summed E-state index contributed by atoms with van der Waals surface area (Å²) in [5, 5.41) is 3.43. The summed E-state index contributed by atoms with van der Waals surface area (Å²) in [5.74, 6) is 1.21. The lowest BCUT2D eigenvalue weighted by atomic mass is 10.0. The van der Waals surface area contributed by atoms with Gasteiger partial charge in [0.2, 0.25) is 5.91 Å². The van der Waals surface area contributed by atoms with Crippen LogP contribution in [0.25, 0.3) is 0 Å². The molecule has 3 rings (SSSR count). The SMILES string of the molecule is CC(C)c1cccc(Oc2c(Cl)cc(NC(=O)Cc3cccnc3)cc2Cl)c1. The number of pyridine rings is 1. The van der Waals surface area contributed by atoms with Gasteiger partial charge in [0.05, 0.1) is 16.5 Å². The van der Waals surface area contributed by atoms with Crippen LogP contribution in [0.4, 0.5) is 5.69 Å². The van der Waals surface area contributed by atoms with Crippen molar-refractivity contribution in [2.75, 3.05) is 5.32 Å². The second-order valence-corrected chi connectivity index (χ2v) is 7.50. The van der Waals surface area contributed by atoms with E-state index in [-0.39, 0.29) is 12.3 Å². The summed E-state index contributed by atoms with van der Waals surface area (Å²) < 4.78 is 5.90. The van der Waals surface area contributed by atoms with E-state index in [2.05, 4.69) is 24.1 Å². The molecule has 144 valence electrons. The van der Waals surface area contributed by atoms with E-state index < -0.39 is 0 Å². The van der Waals surface area contributed by atoms with E-state index in [9.17, 15) is 4.79 Å². The average molecular weight is 415 g/mol. The van der Waals surface area contributed by atoms with Gasteiger partial charge < -0.3 is 10.1 Å². The summed E-state index contributed by atoms with van der Waals surface area (Å²) in [6.45, 7) is 4.23. The Labute approximate surface area is 174 Å². The number of hydrogen-bond acceptors (Lipinski definition) is 3. The molecule has 0 aliphatic rings. The van der Waals surface area contributed by atoms with Crippen LogP contribution in [0.3, 0.4) is 0 Å². The number of rotatable bonds is 6. The van der Waals surface area contributed by atoms with Crippen molar-refractivity contribution in [1.29, 1.82) is 0 Å². The van der Waals surface area contributed by atoms with Crippen molar-refractivity contribution in [3.05, 3.63) is 82.1 Å². The molecule has 0 bridgehead atoms. The second kappa shape index (κ2) is 9.09. The molecule has 3 aromatic rings. The highest BCUT2D eigenvalue weighted by molar-refractivity contribution is 6.37. The Morgan fingerprint density at radius 3 is 2.50 bits per heavy atom. The Hall–Kier alpha value is -2.56. The zero-order valence-electron chi connectivity index (χ0n) is 15.6. The fraction of sp³-hybridized carbons (Fsp3) is 0.182. The summed E-state index contributed by atoms with van der Waals surface area (Å²) in [6.07, 6.45) is 3.53. The maximum Gasteiger partial charge on any atom is 0.228 e. The van der Waals surface area contributed by atoms with Gasteiger partial charge in [-0.15, -0.1) is 0 Å². The van der Waals surface area contributed by atoms with E-state index in [1.807, 2.05) is 30.3 Å². The highest BCUT2D eigenvalue weighted by Crippen LogP contribution is 2.39. The van der Waals surface area contributed by atoms with Gasteiger partial charge >= 0.3 is 0 Å². The molecule has 0 radical (unpaired) electrons. The van der Waals surface area contributed by atoms with Gasteiger partial charge in [0.25, 0.3) is 0 Å². The number of carbonyl (C=O) groups excluding carboxylic acids is 1. The maximum absolute atomic E-state index is 12.2. The predicted octanol–water partition coefficient (Wildman–Crippen LogP) is 6.49. The van der Waals surface area contributed by atoms with Crippen LogP contribution in [0.2, 0.25) is 10.0 Å². The Kier molecular flexibility index (Phi) is 6.55. The van der Waals surface area contributed by atoms with Gasteiger partial charge in [0.1, 0.15) is 5.75 Å². The van der Waals surface area contributed by atoms with Crippen molar-refractivity contribution in [3.63, 3.8) is 0 Å². The summed E-state index contributed by atoms with van der Waals surface area (Å²) in [4.78, 5) is 16.2. The molecule has 0 spiro atoms. The minimum absolute atomic E-state index is 0.182. The van der Waals surface area contributed by atoms with Crippen LogP contribution in [0.1, 0.15) is 30.9 Å². The molecule has 0 atom stereocenters. The fourth-order valence-corrected chi connectivity index (χ4v) is 3.24. The van der Waals surface area contributed by atoms with Gasteiger partial charge in [-0.2, -0.15) is 0 Å². The minimum Gasteiger partial charge on any atom is -0.454 e. The van der Waals surface area contributed by atoms with E-state index in [0.717, 1.165) is 11.1 Å². The van der Waals surface area contributed by atoms with Crippen molar-refractivity contribution >= 4 is 34.8 Å². The monoisotopic (exact) mass is 414 g/mol. The smallest absolute Gasteiger partial charge is 0.228 e. The Morgan fingerprint density at radius 1 is 1.11 bits per heavy atom. The lowest BCUT2D eigenvalue weighted by Crippen LogP contribution is -2.14. The molecule has 1 heterocycles. The number of anilines is 1. The maximum atomic E-state index is 12.2. The molecule has 0 saturated heterocycles. The van der Waals surface area contributed by atoms with Gasteiger partial charge in [-0.1, -0.05) is 55.2 Å². The molecule has 0 saturated carbocycles. The first-order valence-corrected chi connectivity index (χ1v) is 9.63. The molecule has 6 heteroatoms. The lowest BCUT2D eigenvalue weighted by molar-refractivity contribution is -0.115. The highest BCUT2D eigenvalue weighted by atomic mass is 35.5. The molecule has 1 amide bonds.